The van der Waals surface area contributed by atoms with Crippen molar-refractivity contribution in [1.29, 1.82) is 0 Å². The molecule has 2 aromatic carbocycles. The van der Waals surface area contributed by atoms with Crippen LogP contribution in [0.5, 0.6) is 0 Å². The second-order valence-electron chi connectivity index (χ2n) is 9.18. The zero-order valence-corrected chi connectivity index (χ0v) is 22.6. The molecule has 0 bridgehead atoms. The molecule has 0 saturated heterocycles. The van der Waals surface area contributed by atoms with Gasteiger partial charge in [0.25, 0.3) is 0 Å². The highest BCUT2D eigenvalue weighted by Gasteiger charge is 2.26. The van der Waals surface area contributed by atoms with E-state index in [9.17, 15) is 18.0 Å². The predicted octanol–water partition coefficient (Wildman–Crippen LogP) is 4.10. The van der Waals surface area contributed by atoms with E-state index in [1.165, 1.54) is 10.6 Å². The van der Waals surface area contributed by atoms with E-state index in [4.69, 9.17) is 0 Å². The third kappa shape index (κ3) is 8.38. The third-order valence-corrected chi connectivity index (χ3v) is 7.28. The zero-order chi connectivity index (χ0) is 26.2. The molecule has 2 aromatic rings. The van der Waals surface area contributed by atoms with Crippen molar-refractivity contribution in [2.45, 2.75) is 66.5 Å². The van der Waals surface area contributed by atoms with Crippen LogP contribution in [0.3, 0.4) is 0 Å². The number of carbonyl (C=O) groups is 2. The Kier molecular flexibility index (Phi) is 10.3. The van der Waals surface area contributed by atoms with Gasteiger partial charge in [-0.2, -0.15) is 0 Å². The van der Waals surface area contributed by atoms with Crippen molar-refractivity contribution < 1.29 is 18.0 Å². The molecule has 7 nitrogen and oxygen atoms in total. The lowest BCUT2D eigenvalue weighted by molar-refractivity contribution is -0.140. The van der Waals surface area contributed by atoms with Gasteiger partial charge < -0.3 is 10.2 Å². The number of sulfonamides is 1. The summed E-state index contributed by atoms with van der Waals surface area (Å²) in [7, 11) is -3.51. The maximum atomic E-state index is 13.3. The lowest BCUT2D eigenvalue weighted by atomic mass is 10.1. The Morgan fingerprint density at radius 1 is 1.03 bits per heavy atom. The molecule has 2 rings (SSSR count). The first-order valence-corrected chi connectivity index (χ1v) is 14.0. The summed E-state index contributed by atoms with van der Waals surface area (Å²) in [6.45, 7) is 10.7. The van der Waals surface area contributed by atoms with Gasteiger partial charge in [0.2, 0.25) is 21.8 Å². The highest BCUT2D eigenvalue weighted by atomic mass is 32.2. The number of rotatable bonds is 12. The summed E-state index contributed by atoms with van der Waals surface area (Å²) < 4.78 is 26.3. The number of nitrogens with one attached hydrogen (secondary N) is 1. The highest BCUT2D eigenvalue weighted by molar-refractivity contribution is 7.92. The molecular weight excluding hydrogens is 462 g/mol. The van der Waals surface area contributed by atoms with Gasteiger partial charge in [-0.05, 0) is 69.4 Å². The predicted molar refractivity (Wildman–Crippen MR) is 142 cm³/mol. The van der Waals surface area contributed by atoms with E-state index >= 15 is 0 Å². The van der Waals surface area contributed by atoms with Crippen LogP contribution in [-0.2, 0) is 26.2 Å². The van der Waals surface area contributed by atoms with E-state index in [0.29, 0.717) is 25.2 Å². The molecule has 192 valence electrons. The average Bonchev–Trinajstić information content (AvgIpc) is 2.79. The minimum atomic E-state index is -3.51. The van der Waals surface area contributed by atoms with Crippen molar-refractivity contribution in [2.75, 3.05) is 23.7 Å². The SMILES string of the molecule is CCCNC(=O)C(C)N(Cc1cccc(C)c1)C(=O)CCCN(c1ccc(C)c(C)c1)S(C)(=O)=O. The van der Waals surface area contributed by atoms with E-state index in [0.717, 1.165) is 28.7 Å². The van der Waals surface area contributed by atoms with E-state index in [1.807, 2.05) is 64.1 Å². The van der Waals surface area contributed by atoms with Crippen LogP contribution in [0.1, 0.15) is 55.4 Å². The van der Waals surface area contributed by atoms with Gasteiger partial charge in [0.15, 0.2) is 0 Å². The van der Waals surface area contributed by atoms with Crippen molar-refractivity contribution in [3.63, 3.8) is 0 Å². The van der Waals surface area contributed by atoms with Gasteiger partial charge >= 0.3 is 0 Å². The molecule has 35 heavy (non-hydrogen) atoms. The Bertz CT molecular complexity index is 1130. The lowest BCUT2D eigenvalue weighted by Crippen LogP contribution is -2.47. The van der Waals surface area contributed by atoms with E-state index < -0.39 is 16.1 Å². The zero-order valence-electron chi connectivity index (χ0n) is 21.8. The molecule has 0 radical (unpaired) electrons. The lowest BCUT2D eigenvalue weighted by Gasteiger charge is -2.29. The number of hydrogen-bond acceptors (Lipinski definition) is 4. The van der Waals surface area contributed by atoms with Crippen molar-refractivity contribution in [1.82, 2.24) is 10.2 Å². The Labute approximate surface area is 210 Å². The summed E-state index contributed by atoms with van der Waals surface area (Å²) in [5.41, 5.74) is 4.70. The number of anilines is 1. The first kappa shape index (κ1) is 28.4. The van der Waals surface area contributed by atoms with Crippen LogP contribution in [-0.4, -0.2) is 50.5 Å². The second-order valence-corrected chi connectivity index (χ2v) is 11.1. The number of hydrogen-bond donors (Lipinski definition) is 1. The minimum Gasteiger partial charge on any atom is -0.354 e. The van der Waals surface area contributed by atoms with Crippen molar-refractivity contribution in [3.05, 3.63) is 64.7 Å². The quantitative estimate of drug-likeness (QED) is 0.474. The summed E-state index contributed by atoms with van der Waals surface area (Å²) in [6.07, 6.45) is 2.46. The van der Waals surface area contributed by atoms with Crippen LogP contribution in [0.15, 0.2) is 42.5 Å². The van der Waals surface area contributed by atoms with Crippen LogP contribution in [0.2, 0.25) is 0 Å². The molecule has 0 aliphatic rings. The molecule has 0 heterocycles. The van der Waals surface area contributed by atoms with Gasteiger partial charge in [0.05, 0.1) is 11.9 Å². The maximum absolute atomic E-state index is 13.3. The largest absolute Gasteiger partial charge is 0.354 e. The van der Waals surface area contributed by atoms with E-state index in [2.05, 4.69) is 5.32 Å². The maximum Gasteiger partial charge on any atom is 0.242 e. The monoisotopic (exact) mass is 501 g/mol. The fourth-order valence-corrected chi connectivity index (χ4v) is 4.83. The molecule has 1 unspecified atom stereocenters. The summed E-state index contributed by atoms with van der Waals surface area (Å²) in [5.74, 6) is -0.375. The Morgan fingerprint density at radius 3 is 2.34 bits per heavy atom. The van der Waals surface area contributed by atoms with Crippen molar-refractivity contribution in [2.24, 2.45) is 0 Å². The molecule has 0 aliphatic carbocycles. The Balaban J connectivity index is 2.17. The molecule has 0 spiro atoms. The fraction of sp³-hybridized carbons (Fsp3) is 0.481. The molecule has 8 heteroatoms. The molecule has 0 aromatic heterocycles. The number of benzene rings is 2. The first-order chi connectivity index (χ1) is 16.4. The number of nitrogens with zero attached hydrogens (tertiary/aromatic N) is 2. The Morgan fingerprint density at radius 2 is 1.74 bits per heavy atom. The smallest absolute Gasteiger partial charge is 0.242 e. The van der Waals surface area contributed by atoms with Gasteiger partial charge in [-0.3, -0.25) is 13.9 Å². The van der Waals surface area contributed by atoms with E-state index in [1.54, 1.807) is 17.9 Å². The minimum absolute atomic E-state index is 0.133. The summed E-state index contributed by atoms with van der Waals surface area (Å²) in [5, 5.41) is 2.87. The second kappa shape index (κ2) is 12.7. The van der Waals surface area contributed by atoms with Crippen molar-refractivity contribution >= 4 is 27.5 Å². The molecular formula is C27H39N3O4S. The average molecular weight is 502 g/mol. The summed E-state index contributed by atoms with van der Waals surface area (Å²) in [6, 6.07) is 12.8. The van der Waals surface area contributed by atoms with Gasteiger partial charge in [-0.15, -0.1) is 0 Å². The molecule has 2 amide bonds. The standard InChI is InChI=1S/C27H39N3O4S/c1-7-15-28-27(32)23(5)29(19-24-11-8-10-20(2)17-24)26(31)12-9-16-30(35(6,33)34)25-14-13-21(3)22(4)18-25/h8,10-11,13-14,17-18,23H,7,9,12,15-16,19H2,1-6H3,(H,28,32). The van der Waals surface area contributed by atoms with Crippen LogP contribution in [0.25, 0.3) is 0 Å². The highest BCUT2D eigenvalue weighted by Crippen LogP contribution is 2.22. The van der Waals surface area contributed by atoms with Crippen molar-refractivity contribution in [3.8, 4) is 0 Å². The fourth-order valence-electron chi connectivity index (χ4n) is 3.87. The number of amides is 2. The van der Waals surface area contributed by atoms with Gasteiger partial charge in [-0.1, -0.05) is 42.8 Å². The molecule has 0 fully saturated rings. The summed E-state index contributed by atoms with van der Waals surface area (Å²) >= 11 is 0. The van der Waals surface area contributed by atoms with E-state index in [-0.39, 0.29) is 24.8 Å². The van der Waals surface area contributed by atoms with Gasteiger partial charge in [0.1, 0.15) is 6.04 Å². The molecule has 1 N–H and O–H groups in total. The normalized spacial score (nSPS) is 12.2. The third-order valence-electron chi connectivity index (χ3n) is 6.08. The Hall–Kier alpha value is -2.87. The topological polar surface area (TPSA) is 86.8 Å². The van der Waals surface area contributed by atoms with Gasteiger partial charge in [-0.25, -0.2) is 8.42 Å². The first-order valence-electron chi connectivity index (χ1n) is 12.1. The summed E-state index contributed by atoms with van der Waals surface area (Å²) in [4.78, 5) is 27.6. The van der Waals surface area contributed by atoms with Crippen LogP contribution in [0, 0.1) is 20.8 Å². The number of aryl methyl sites for hydroxylation is 3. The van der Waals surface area contributed by atoms with Crippen LogP contribution in [0.4, 0.5) is 5.69 Å². The molecule has 0 aliphatic heterocycles. The van der Waals surface area contributed by atoms with Crippen LogP contribution < -0.4 is 9.62 Å². The van der Waals surface area contributed by atoms with Gasteiger partial charge in [0, 0.05) is 26.1 Å². The number of carbonyl (C=O) groups excluding carboxylic acids is 2. The van der Waals surface area contributed by atoms with Crippen LogP contribution >= 0.6 is 0 Å². The molecule has 1 atom stereocenters. The molecule has 0 saturated carbocycles.